The van der Waals surface area contributed by atoms with Crippen molar-refractivity contribution in [3.63, 3.8) is 0 Å². The van der Waals surface area contributed by atoms with E-state index in [9.17, 15) is 13.2 Å². The summed E-state index contributed by atoms with van der Waals surface area (Å²) < 4.78 is 28.0. The number of hydrogen-bond acceptors (Lipinski definition) is 4. The standard InChI is InChI=1S/C21H22N2O3S2/c1-2-3-14-22-28(25,26)23-21(24)12-11-20-19(13-15-27-20)18-10-6-8-16-7-4-5-9-17(16)18/h4-13,15,22H,2-3,14H2,1H3,(H,23,24)/b12-11+. The maximum absolute atomic E-state index is 12.0. The van der Waals surface area contributed by atoms with Gasteiger partial charge in [-0.3, -0.25) is 4.79 Å². The number of carbonyl (C=O) groups is 1. The second-order valence-corrected chi connectivity index (χ2v) is 8.72. The molecule has 0 fully saturated rings. The van der Waals surface area contributed by atoms with Crippen LogP contribution in [0.3, 0.4) is 0 Å². The Morgan fingerprint density at radius 1 is 1.07 bits per heavy atom. The monoisotopic (exact) mass is 414 g/mol. The van der Waals surface area contributed by atoms with Crippen molar-refractivity contribution in [1.29, 1.82) is 0 Å². The molecular weight excluding hydrogens is 392 g/mol. The quantitative estimate of drug-likeness (QED) is 0.425. The van der Waals surface area contributed by atoms with Crippen molar-refractivity contribution in [2.75, 3.05) is 6.54 Å². The van der Waals surface area contributed by atoms with Crippen molar-refractivity contribution in [2.45, 2.75) is 19.8 Å². The Bertz CT molecular complexity index is 1100. The van der Waals surface area contributed by atoms with E-state index in [-0.39, 0.29) is 0 Å². The first-order chi connectivity index (χ1) is 13.5. The fraction of sp³-hybridized carbons (Fsp3) is 0.190. The van der Waals surface area contributed by atoms with E-state index in [0.29, 0.717) is 13.0 Å². The molecule has 0 atom stereocenters. The molecule has 0 radical (unpaired) electrons. The molecule has 7 heteroatoms. The van der Waals surface area contributed by atoms with Gasteiger partial charge in [-0.2, -0.15) is 13.1 Å². The van der Waals surface area contributed by atoms with Crippen LogP contribution in [0.1, 0.15) is 24.6 Å². The van der Waals surface area contributed by atoms with Crippen LogP contribution in [0.5, 0.6) is 0 Å². The molecular formula is C21H22N2O3S2. The predicted molar refractivity (Wildman–Crippen MR) is 116 cm³/mol. The lowest BCUT2D eigenvalue weighted by Crippen LogP contribution is -2.39. The Balaban J connectivity index is 1.78. The Kier molecular flexibility index (Phi) is 6.61. The fourth-order valence-corrected chi connectivity index (χ4v) is 4.49. The van der Waals surface area contributed by atoms with E-state index in [1.807, 2.05) is 47.4 Å². The van der Waals surface area contributed by atoms with Gasteiger partial charge in [-0.1, -0.05) is 55.8 Å². The average Bonchev–Trinajstić information content (AvgIpc) is 3.14. The van der Waals surface area contributed by atoms with Gasteiger partial charge in [0.05, 0.1) is 0 Å². The largest absolute Gasteiger partial charge is 0.301 e. The van der Waals surface area contributed by atoms with Crippen molar-refractivity contribution >= 4 is 44.3 Å². The first kappa shape index (κ1) is 20.3. The van der Waals surface area contributed by atoms with Gasteiger partial charge >= 0.3 is 10.2 Å². The Hall–Kier alpha value is -2.48. The van der Waals surface area contributed by atoms with Crippen molar-refractivity contribution in [2.24, 2.45) is 0 Å². The molecule has 2 N–H and O–H groups in total. The molecule has 2 aromatic carbocycles. The van der Waals surface area contributed by atoms with Crippen LogP contribution in [0.15, 0.2) is 60.0 Å². The highest BCUT2D eigenvalue weighted by atomic mass is 32.2. The number of unbranched alkanes of at least 4 members (excludes halogenated alkanes) is 1. The number of fused-ring (bicyclic) bond motifs is 1. The Morgan fingerprint density at radius 2 is 1.86 bits per heavy atom. The number of hydrogen-bond donors (Lipinski definition) is 2. The van der Waals surface area contributed by atoms with Gasteiger partial charge < -0.3 is 0 Å². The normalized spacial score (nSPS) is 11.9. The maximum atomic E-state index is 12.0. The Morgan fingerprint density at radius 3 is 2.68 bits per heavy atom. The lowest BCUT2D eigenvalue weighted by Gasteiger charge is -2.07. The van der Waals surface area contributed by atoms with Gasteiger partial charge in [-0.05, 0) is 40.3 Å². The van der Waals surface area contributed by atoms with E-state index in [1.54, 1.807) is 6.08 Å². The van der Waals surface area contributed by atoms with Gasteiger partial charge in [0.1, 0.15) is 0 Å². The van der Waals surface area contributed by atoms with E-state index < -0.39 is 16.1 Å². The van der Waals surface area contributed by atoms with Crippen molar-refractivity contribution in [3.05, 3.63) is 64.9 Å². The molecule has 0 aliphatic carbocycles. The van der Waals surface area contributed by atoms with Gasteiger partial charge in [-0.15, -0.1) is 11.3 Å². The van der Waals surface area contributed by atoms with Gasteiger partial charge in [-0.25, -0.2) is 4.72 Å². The summed E-state index contributed by atoms with van der Waals surface area (Å²) in [6.07, 6.45) is 4.48. The van der Waals surface area contributed by atoms with E-state index in [1.165, 1.54) is 17.4 Å². The highest BCUT2D eigenvalue weighted by Crippen LogP contribution is 2.34. The number of thiophene rings is 1. The molecule has 1 heterocycles. The van der Waals surface area contributed by atoms with Gasteiger partial charge in [0.15, 0.2) is 0 Å². The smallest absolute Gasteiger partial charge is 0.269 e. The molecule has 0 unspecified atom stereocenters. The summed E-state index contributed by atoms with van der Waals surface area (Å²) in [5, 5.41) is 4.23. The number of benzene rings is 2. The topological polar surface area (TPSA) is 75.3 Å². The molecule has 1 aromatic heterocycles. The van der Waals surface area contributed by atoms with Crippen LogP contribution >= 0.6 is 11.3 Å². The third-order valence-electron chi connectivity index (χ3n) is 4.22. The van der Waals surface area contributed by atoms with E-state index in [4.69, 9.17) is 0 Å². The first-order valence-corrected chi connectivity index (χ1v) is 11.4. The molecule has 28 heavy (non-hydrogen) atoms. The fourth-order valence-electron chi connectivity index (χ4n) is 2.87. The molecule has 0 bridgehead atoms. The molecule has 0 aliphatic heterocycles. The third-order valence-corrected chi connectivity index (χ3v) is 6.15. The summed E-state index contributed by atoms with van der Waals surface area (Å²) in [6.45, 7) is 2.27. The van der Waals surface area contributed by atoms with E-state index in [2.05, 4.69) is 22.9 Å². The number of rotatable bonds is 8. The van der Waals surface area contributed by atoms with E-state index >= 15 is 0 Å². The lowest BCUT2D eigenvalue weighted by molar-refractivity contribution is -0.114. The zero-order valence-corrected chi connectivity index (χ0v) is 17.1. The Labute approximate surface area is 169 Å². The molecule has 1 amide bonds. The summed E-state index contributed by atoms with van der Waals surface area (Å²) in [5.41, 5.74) is 2.09. The molecule has 0 saturated carbocycles. The number of carbonyl (C=O) groups excluding carboxylic acids is 1. The van der Waals surface area contributed by atoms with Crippen LogP contribution in [0.25, 0.3) is 28.0 Å². The highest BCUT2D eigenvalue weighted by Gasteiger charge is 2.12. The van der Waals surface area contributed by atoms with Crippen LogP contribution in [-0.4, -0.2) is 20.9 Å². The summed E-state index contributed by atoms with van der Waals surface area (Å²) in [5.74, 6) is -0.679. The minimum atomic E-state index is -3.83. The van der Waals surface area contributed by atoms with E-state index in [0.717, 1.165) is 33.2 Å². The first-order valence-electron chi connectivity index (χ1n) is 9.05. The number of nitrogens with one attached hydrogen (secondary N) is 2. The van der Waals surface area contributed by atoms with Crippen LogP contribution in [-0.2, 0) is 15.0 Å². The second-order valence-electron chi connectivity index (χ2n) is 6.28. The SMILES string of the molecule is CCCCNS(=O)(=O)NC(=O)/C=C/c1sccc1-c1cccc2ccccc12. The van der Waals surface area contributed by atoms with Gasteiger partial charge in [0.25, 0.3) is 5.91 Å². The summed E-state index contributed by atoms with van der Waals surface area (Å²) in [7, 11) is -3.83. The minimum Gasteiger partial charge on any atom is -0.269 e. The minimum absolute atomic E-state index is 0.305. The van der Waals surface area contributed by atoms with Crippen LogP contribution in [0.2, 0.25) is 0 Å². The molecule has 3 aromatic rings. The third kappa shape index (κ3) is 5.07. The zero-order chi connectivity index (χ0) is 20.0. The van der Waals surface area contributed by atoms with Gasteiger partial charge in [0, 0.05) is 23.1 Å². The lowest BCUT2D eigenvalue weighted by atomic mass is 9.99. The summed E-state index contributed by atoms with van der Waals surface area (Å²) >= 11 is 1.50. The maximum Gasteiger partial charge on any atom is 0.301 e. The molecule has 3 rings (SSSR count). The van der Waals surface area contributed by atoms with Crippen LogP contribution in [0.4, 0.5) is 0 Å². The number of amides is 1. The second kappa shape index (κ2) is 9.14. The molecule has 0 aliphatic rings. The van der Waals surface area contributed by atoms with Crippen LogP contribution in [0, 0.1) is 0 Å². The molecule has 0 spiro atoms. The highest BCUT2D eigenvalue weighted by molar-refractivity contribution is 7.88. The van der Waals surface area contributed by atoms with Crippen molar-refractivity contribution in [3.8, 4) is 11.1 Å². The van der Waals surface area contributed by atoms with Crippen LogP contribution < -0.4 is 9.44 Å². The average molecular weight is 415 g/mol. The zero-order valence-electron chi connectivity index (χ0n) is 15.5. The predicted octanol–water partition coefficient (Wildman–Crippen LogP) is 4.33. The van der Waals surface area contributed by atoms with Crippen molar-refractivity contribution in [1.82, 2.24) is 9.44 Å². The molecule has 146 valence electrons. The van der Waals surface area contributed by atoms with Crippen molar-refractivity contribution < 1.29 is 13.2 Å². The molecule has 0 saturated heterocycles. The summed E-state index contributed by atoms with van der Waals surface area (Å²) in [4.78, 5) is 12.9. The molecule has 5 nitrogen and oxygen atoms in total. The summed E-state index contributed by atoms with van der Waals surface area (Å²) in [6, 6.07) is 16.2. The van der Waals surface area contributed by atoms with Gasteiger partial charge in [0.2, 0.25) is 0 Å².